The predicted molar refractivity (Wildman–Crippen MR) is 76.5 cm³/mol. The first-order valence-corrected chi connectivity index (χ1v) is 6.65. The Morgan fingerprint density at radius 1 is 1.38 bits per heavy atom. The molecule has 0 fully saturated rings. The molecule has 0 radical (unpaired) electrons. The first-order valence-electron chi connectivity index (χ1n) is 5.86. The van der Waals surface area contributed by atoms with Crippen LogP contribution < -0.4 is 4.74 Å². The molecule has 6 heteroatoms. The van der Waals surface area contributed by atoms with Crippen LogP contribution in [0.3, 0.4) is 0 Å². The second-order valence-electron chi connectivity index (χ2n) is 4.13. The minimum Gasteiger partial charge on any atom is -0.488 e. The summed E-state index contributed by atoms with van der Waals surface area (Å²) in [6.45, 7) is -0.108. The first-order chi connectivity index (χ1) is 10.0. The van der Waals surface area contributed by atoms with Crippen LogP contribution in [0.1, 0.15) is 21.5 Å². The lowest BCUT2D eigenvalue weighted by Crippen LogP contribution is -2.02. The fourth-order valence-electron chi connectivity index (χ4n) is 1.68. The summed E-state index contributed by atoms with van der Waals surface area (Å²) >= 11 is 3.24. The molecule has 2 aromatic carbocycles. The van der Waals surface area contributed by atoms with Gasteiger partial charge in [0, 0.05) is 5.56 Å². The Morgan fingerprint density at radius 2 is 2.14 bits per heavy atom. The van der Waals surface area contributed by atoms with E-state index >= 15 is 0 Å². The van der Waals surface area contributed by atoms with Crippen molar-refractivity contribution in [1.29, 1.82) is 5.26 Å². The molecule has 0 bridgehead atoms. The smallest absolute Gasteiger partial charge is 0.335 e. The van der Waals surface area contributed by atoms with Crippen molar-refractivity contribution in [1.82, 2.24) is 0 Å². The van der Waals surface area contributed by atoms with E-state index < -0.39 is 11.8 Å². The summed E-state index contributed by atoms with van der Waals surface area (Å²) in [5, 5.41) is 17.7. The highest BCUT2D eigenvalue weighted by atomic mass is 79.9. The molecule has 0 unspecified atom stereocenters. The Labute approximate surface area is 128 Å². The summed E-state index contributed by atoms with van der Waals surface area (Å²) < 4.78 is 19.9. The molecule has 2 rings (SSSR count). The van der Waals surface area contributed by atoms with Crippen LogP contribution in [-0.4, -0.2) is 11.1 Å². The molecule has 1 N–H and O–H groups in total. The van der Waals surface area contributed by atoms with Crippen molar-refractivity contribution in [2.45, 2.75) is 6.61 Å². The lowest BCUT2D eigenvalue weighted by atomic mass is 10.1. The van der Waals surface area contributed by atoms with Gasteiger partial charge in [-0.1, -0.05) is 12.1 Å². The van der Waals surface area contributed by atoms with Crippen LogP contribution in [0.4, 0.5) is 4.39 Å². The van der Waals surface area contributed by atoms with Gasteiger partial charge in [0.05, 0.1) is 15.6 Å². The highest BCUT2D eigenvalue weighted by molar-refractivity contribution is 9.10. The molecule has 106 valence electrons. The number of carboxylic acid groups (broad SMARTS) is 1. The van der Waals surface area contributed by atoms with Crippen LogP contribution in [0.5, 0.6) is 5.75 Å². The zero-order valence-electron chi connectivity index (χ0n) is 10.6. The maximum Gasteiger partial charge on any atom is 0.335 e. The Kier molecular flexibility index (Phi) is 4.55. The molecule has 0 aliphatic rings. The van der Waals surface area contributed by atoms with Gasteiger partial charge in [0.1, 0.15) is 24.2 Å². The van der Waals surface area contributed by atoms with Crippen LogP contribution in [0.2, 0.25) is 0 Å². The summed E-state index contributed by atoms with van der Waals surface area (Å²) in [7, 11) is 0. The van der Waals surface area contributed by atoms with E-state index in [-0.39, 0.29) is 29.0 Å². The first kappa shape index (κ1) is 15.0. The van der Waals surface area contributed by atoms with Crippen LogP contribution in [0, 0.1) is 17.1 Å². The largest absolute Gasteiger partial charge is 0.488 e. The molecule has 0 saturated heterocycles. The third-order valence-corrected chi connectivity index (χ3v) is 3.42. The molecule has 0 aliphatic heterocycles. The number of hydrogen-bond acceptors (Lipinski definition) is 3. The van der Waals surface area contributed by atoms with E-state index in [2.05, 4.69) is 15.9 Å². The summed E-state index contributed by atoms with van der Waals surface area (Å²) in [5.41, 5.74) is 0.232. The third kappa shape index (κ3) is 3.38. The van der Waals surface area contributed by atoms with Crippen molar-refractivity contribution in [2.24, 2.45) is 0 Å². The Bertz CT molecular complexity index is 740. The van der Waals surface area contributed by atoms with Gasteiger partial charge in [0.2, 0.25) is 0 Å². The van der Waals surface area contributed by atoms with Gasteiger partial charge < -0.3 is 9.84 Å². The molecule has 0 aromatic heterocycles. The van der Waals surface area contributed by atoms with E-state index in [0.29, 0.717) is 4.47 Å². The molecule has 0 heterocycles. The van der Waals surface area contributed by atoms with Crippen molar-refractivity contribution in [3.8, 4) is 11.8 Å². The van der Waals surface area contributed by atoms with Crippen LogP contribution in [-0.2, 0) is 6.61 Å². The maximum atomic E-state index is 13.9. The molecule has 2 aromatic rings. The van der Waals surface area contributed by atoms with E-state index in [9.17, 15) is 9.18 Å². The monoisotopic (exact) mass is 349 g/mol. The summed E-state index contributed by atoms with van der Waals surface area (Å²) in [5.74, 6) is -1.42. The van der Waals surface area contributed by atoms with E-state index in [4.69, 9.17) is 15.1 Å². The van der Waals surface area contributed by atoms with Gasteiger partial charge in [0.15, 0.2) is 0 Å². The van der Waals surface area contributed by atoms with Gasteiger partial charge in [-0.25, -0.2) is 9.18 Å². The molecule has 0 amide bonds. The molecular formula is C15H9BrFNO3. The fraction of sp³-hybridized carbons (Fsp3) is 0.0667. The number of nitrogens with zero attached hydrogens (tertiary/aromatic N) is 1. The average Bonchev–Trinajstić information content (AvgIpc) is 2.47. The second kappa shape index (κ2) is 6.37. The quantitative estimate of drug-likeness (QED) is 0.912. The van der Waals surface area contributed by atoms with Crippen molar-refractivity contribution in [3.05, 3.63) is 63.4 Å². The number of nitriles is 1. The number of ether oxygens (including phenoxy) is 1. The van der Waals surface area contributed by atoms with Gasteiger partial charge in [-0.05, 0) is 40.2 Å². The van der Waals surface area contributed by atoms with E-state index in [0.717, 1.165) is 0 Å². The Hall–Kier alpha value is -2.39. The second-order valence-corrected chi connectivity index (χ2v) is 4.98. The average molecular weight is 350 g/mol. The standard InChI is InChI=1S/C15H9BrFNO3/c16-12-5-4-9(15(19)20)6-13(12)21-8-11-3-1-2-10(7-18)14(11)17/h1-6H,8H2,(H,19,20). The number of carbonyl (C=O) groups is 1. The number of hydrogen-bond donors (Lipinski definition) is 1. The van der Waals surface area contributed by atoms with Crippen LogP contribution in [0.25, 0.3) is 0 Å². The lowest BCUT2D eigenvalue weighted by molar-refractivity contribution is 0.0696. The fourth-order valence-corrected chi connectivity index (χ4v) is 2.04. The maximum absolute atomic E-state index is 13.9. The molecule has 0 saturated carbocycles. The van der Waals surface area contributed by atoms with E-state index in [1.807, 2.05) is 0 Å². The van der Waals surface area contributed by atoms with Crippen molar-refractivity contribution in [2.75, 3.05) is 0 Å². The minimum absolute atomic E-state index is 0.0607. The normalized spacial score (nSPS) is 9.95. The SMILES string of the molecule is N#Cc1cccc(COc2cc(C(=O)O)ccc2Br)c1F. The van der Waals surface area contributed by atoms with E-state index in [1.54, 1.807) is 18.2 Å². The summed E-state index contributed by atoms with van der Waals surface area (Å²) in [6, 6.07) is 10.5. The molecule has 0 aliphatic carbocycles. The number of rotatable bonds is 4. The highest BCUT2D eigenvalue weighted by Crippen LogP contribution is 2.27. The highest BCUT2D eigenvalue weighted by Gasteiger charge is 2.11. The minimum atomic E-state index is -1.08. The lowest BCUT2D eigenvalue weighted by Gasteiger charge is -2.10. The predicted octanol–water partition coefficient (Wildman–Crippen LogP) is 3.74. The van der Waals surface area contributed by atoms with Gasteiger partial charge in [-0.2, -0.15) is 5.26 Å². The molecule has 21 heavy (non-hydrogen) atoms. The number of aromatic carboxylic acids is 1. The van der Waals surface area contributed by atoms with Crippen molar-refractivity contribution >= 4 is 21.9 Å². The topological polar surface area (TPSA) is 70.3 Å². The Balaban J connectivity index is 2.23. The van der Waals surface area contributed by atoms with Gasteiger partial charge in [-0.3, -0.25) is 0 Å². The van der Waals surface area contributed by atoms with E-state index in [1.165, 1.54) is 24.3 Å². The summed E-state index contributed by atoms with van der Waals surface area (Å²) in [4.78, 5) is 10.9. The molecule has 0 atom stereocenters. The number of benzene rings is 2. The van der Waals surface area contributed by atoms with Gasteiger partial charge in [0.25, 0.3) is 0 Å². The van der Waals surface area contributed by atoms with Gasteiger partial charge >= 0.3 is 5.97 Å². The zero-order chi connectivity index (χ0) is 15.4. The van der Waals surface area contributed by atoms with Crippen LogP contribution in [0.15, 0.2) is 40.9 Å². The van der Waals surface area contributed by atoms with Crippen molar-refractivity contribution < 1.29 is 19.0 Å². The van der Waals surface area contributed by atoms with Gasteiger partial charge in [-0.15, -0.1) is 0 Å². The molecular weight excluding hydrogens is 341 g/mol. The van der Waals surface area contributed by atoms with Crippen molar-refractivity contribution in [3.63, 3.8) is 0 Å². The Morgan fingerprint density at radius 3 is 2.81 bits per heavy atom. The third-order valence-electron chi connectivity index (χ3n) is 2.76. The number of carboxylic acids is 1. The summed E-state index contributed by atoms with van der Waals surface area (Å²) in [6.07, 6.45) is 0. The molecule has 4 nitrogen and oxygen atoms in total. The zero-order valence-corrected chi connectivity index (χ0v) is 12.2. The van der Waals surface area contributed by atoms with Crippen LogP contribution >= 0.6 is 15.9 Å². The molecule has 0 spiro atoms. The number of halogens is 2.